The summed E-state index contributed by atoms with van der Waals surface area (Å²) in [6.45, 7) is 1.69. The number of halogens is 1. The maximum atomic E-state index is 13.9. The molecule has 0 aliphatic rings. The number of hydrogen-bond acceptors (Lipinski definition) is 5. The van der Waals surface area contributed by atoms with Gasteiger partial charge in [-0.1, -0.05) is 18.2 Å². The number of aryl methyl sites for hydroxylation is 1. The fourth-order valence-corrected chi connectivity index (χ4v) is 2.83. The average molecular weight is 381 g/mol. The van der Waals surface area contributed by atoms with Crippen LogP contribution in [0.1, 0.15) is 21.6 Å². The van der Waals surface area contributed by atoms with Crippen LogP contribution in [0, 0.1) is 12.7 Å². The first-order valence-corrected chi connectivity index (χ1v) is 8.56. The van der Waals surface area contributed by atoms with Crippen molar-refractivity contribution in [2.24, 2.45) is 0 Å². The number of ketones is 1. The second-order valence-corrected chi connectivity index (χ2v) is 6.12. The number of nitrogens with zero attached hydrogens (tertiary/aromatic N) is 1. The number of rotatable bonds is 6. The summed E-state index contributed by atoms with van der Waals surface area (Å²) in [5.41, 5.74) is 2.23. The molecular formula is C22H20FNO4. The van der Waals surface area contributed by atoms with Crippen LogP contribution < -0.4 is 14.2 Å². The van der Waals surface area contributed by atoms with Crippen molar-refractivity contribution in [2.75, 3.05) is 21.3 Å². The van der Waals surface area contributed by atoms with Gasteiger partial charge < -0.3 is 14.2 Å². The molecule has 0 fully saturated rings. The van der Waals surface area contributed by atoms with Gasteiger partial charge in [0.25, 0.3) is 0 Å². The number of benzene rings is 2. The van der Waals surface area contributed by atoms with Crippen LogP contribution in [0.3, 0.4) is 0 Å². The van der Waals surface area contributed by atoms with Crippen molar-refractivity contribution in [1.29, 1.82) is 0 Å². The zero-order valence-electron chi connectivity index (χ0n) is 16.1. The Kier molecular flexibility index (Phi) is 5.59. The monoisotopic (exact) mass is 381 g/mol. The van der Waals surface area contributed by atoms with Crippen molar-refractivity contribution in [3.05, 3.63) is 71.2 Å². The van der Waals surface area contributed by atoms with Crippen molar-refractivity contribution >= 4 is 5.78 Å². The molecule has 1 heterocycles. The Balaban J connectivity index is 2.02. The Hall–Kier alpha value is -3.41. The normalized spacial score (nSPS) is 10.5. The first kappa shape index (κ1) is 19.4. The fourth-order valence-electron chi connectivity index (χ4n) is 2.83. The lowest BCUT2D eigenvalue weighted by atomic mass is 10.0. The topological polar surface area (TPSA) is 57.7 Å². The summed E-state index contributed by atoms with van der Waals surface area (Å²) in [6.07, 6.45) is 0. The van der Waals surface area contributed by atoms with Crippen molar-refractivity contribution in [2.45, 2.75) is 6.92 Å². The molecule has 0 unspecified atom stereocenters. The Morgan fingerprint density at radius 3 is 2.18 bits per heavy atom. The lowest BCUT2D eigenvalue weighted by Crippen LogP contribution is -2.06. The average Bonchev–Trinajstić information content (AvgIpc) is 2.74. The molecule has 0 saturated carbocycles. The SMILES string of the molecule is COc1cc(C(=O)c2cccc(-c3ccc(C)c(F)c3)n2)cc(OC)c1OC. The van der Waals surface area contributed by atoms with Crippen molar-refractivity contribution < 1.29 is 23.4 Å². The zero-order valence-corrected chi connectivity index (χ0v) is 16.1. The van der Waals surface area contributed by atoms with E-state index in [9.17, 15) is 9.18 Å². The van der Waals surface area contributed by atoms with Gasteiger partial charge in [-0.25, -0.2) is 9.37 Å². The molecule has 3 rings (SSSR count). The molecule has 0 N–H and O–H groups in total. The highest BCUT2D eigenvalue weighted by Gasteiger charge is 2.19. The minimum Gasteiger partial charge on any atom is -0.493 e. The molecule has 0 aliphatic carbocycles. The van der Waals surface area contributed by atoms with Gasteiger partial charge in [0.15, 0.2) is 11.5 Å². The summed E-state index contributed by atoms with van der Waals surface area (Å²) in [5, 5.41) is 0. The number of ether oxygens (including phenoxy) is 3. The zero-order chi connectivity index (χ0) is 20.3. The minimum atomic E-state index is -0.319. The summed E-state index contributed by atoms with van der Waals surface area (Å²) in [5.74, 6) is 0.525. The van der Waals surface area contributed by atoms with Crippen LogP contribution in [0.4, 0.5) is 4.39 Å². The van der Waals surface area contributed by atoms with E-state index in [-0.39, 0.29) is 17.3 Å². The molecule has 3 aromatic rings. The van der Waals surface area contributed by atoms with E-state index in [1.807, 2.05) is 0 Å². The van der Waals surface area contributed by atoms with Gasteiger partial charge in [-0.3, -0.25) is 4.79 Å². The number of pyridine rings is 1. The van der Waals surface area contributed by atoms with Gasteiger partial charge in [-0.15, -0.1) is 0 Å². The van der Waals surface area contributed by atoms with E-state index < -0.39 is 0 Å². The number of aromatic nitrogens is 1. The highest BCUT2D eigenvalue weighted by Crippen LogP contribution is 2.38. The third kappa shape index (κ3) is 3.67. The number of hydrogen-bond donors (Lipinski definition) is 0. The van der Waals surface area contributed by atoms with E-state index in [1.165, 1.54) is 27.4 Å². The van der Waals surface area contributed by atoms with E-state index in [0.717, 1.165) is 0 Å². The van der Waals surface area contributed by atoms with Gasteiger partial charge >= 0.3 is 0 Å². The van der Waals surface area contributed by atoms with Gasteiger partial charge in [0.1, 0.15) is 11.5 Å². The first-order valence-electron chi connectivity index (χ1n) is 8.56. The lowest BCUT2D eigenvalue weighted by Gasteiger charge is -2.13. The van der Waals surface area contributed by atoms with E-state index in [4.69, 9.17) is 14.2 Å². The molecule has 2 aromatic carbocycles. The lowest BCUT2D eigenvalue weighted by molar-refractivity contribution is 0.103. The van der Waals surface area contributed by atoms with Crippen LogP contribution in [0.25, 0.3) is 11.3 Å². The van der Waals surface area contributed by atoms with Crippen LogP contribution in [-0.4, -0.2) is 32.1 Å². The second kappa shape index (κ2) is 8.08. The molecule has 144 valence electrons. The maximum absolute atomic E-state index is 13.9. The van der Waals surface area contributed by atoms with Crippen LogP contribution in [0.2, 0.25) is 0 Å². The van der Waals surface area contributed by atoms with Crippen LogP contribution >= 0.6 is 0 Å². The quantitative estimate of drug-likeness (QED) is 0.591. The molecule has 0 aliphatic heterocycles. The molecule has 5 nitrogen and oxygen atoms in total. The minimum absolute atomic E-state index is 0.229. The molecule has 28 heavy (non-hydrogen) atoms. The first-order chi connectivity index (χ1) is 13.5. The Morgan fingerprint density at radius 1 is 0.929 bits per heavy atom. The van der Waals surface area contributed by atoms with Crippen molar-refractivity contribution in [3.63, 3.8) is 0 Å². The summed E-state index contributed by atoms with van der Waals surface area (Å²) in [4.78, 5) is 17.4. The molecule has 0 atom stereocenters. The summed E-state index contributed by atoms with van der Waals surface area (Å²) < 4.78 is 29.8. The van der Waals surface area contributed by atoms with Gasteiger partial charge in [-0.05, 0) is 42.8 Å². The summed E-state index contributed by atoms with van der Waals surface area (Å²) >= 11 is 0. The van der Waals surface area contributed by atoms with E-state index in [2.05, 4.69) is 4.98 Å². The van der Waals surface area contributed by atoms with Crippen molar-refractivity contribution in [1.82, 2.24) is 4.98 Å². The molecule has 0 saturated heterocycles. The third-order valence-electron chi connectivity index (χ3n) is 4.38. The molecule has 0 bridgehead atoms. The molecule has 1 aromatic heterocycles. The van der Waals surface area contributed by atoms with Gasteiger partial charge in [0, 0.05) is 11.1 Å². The standard InChI is InChI=1S/C22H20FNO4/c1-13-8-9-14(10-16(13)23)17-6-5-7-18(24-17)21(25)15-11-19(26-2)22(28-4)20(12-15)27-3/h5-12H,1-4H3. The van der Waals surface area contributed by atoms with Crippen LogP contribution in [0.15, 0.2) is 48.5 Å². The predicted molar refractivity (Wildman–Crippen MR) is 104 cm³/mol. The molecule has 0 radical (unpaired) electrons. The number of carbonyl (C=O) groups is 1. The largest absolute Gasteiger partial charge is 0.493 e. The van der Waals surface area contributed by atoms with E-state index in [0.29, 0.717) is 39.6 Å². The van der Waals surface area contributed by atoms with Gasteiger partial charge in [0.2, 0.25) is 11.5 Å². The van der Waals surface area contributed by atoms with Crippen LogP contribution in [-0.2, 0) is 0 Å². The molecular weight excluding hydrogens is 361 g/mol. The fraction of sp³-hybridized carbons (Fsp3) is 0.182. The smallest absolute Gasteiger partial charge is 0.211 e. The molecule has 0 amide bonds. The Morgan fingerprint density at radius 2 is 1.61 bits per heavy atom. The van der Waals surface area contributed by atoms with E-state index >= 15 is 0 Å². The third-order valence-corrected chi connectivity index (χ3v) is 4.38. The highest BCUT2D eigenvalue weighted by atomic mass is 19.1. The summed E-state index contributed by atoms with van der Waals surface area (Å²) in [7, 11) is 4.46. The van der Waals surface area contributed by atoms with E-state index in [1.54, 1.807) is 49.4 Å². The van der Waals surface area contributed by atoms with Crippen molar-refractivity contribution in [3.8, 4) is 28.5 Å². The summed E-state index contributed by atoms with van der Waals surface area (Å²) in [6, 6.07) is 13.1. The predicted octanol–water partition coefficient (Wildman–Crippen LogP) is 4.45. The Bertz CT molecular complexity index is 1010. The second-order valence-electron chi connectivity index (χ2n) is 6.12. The molecule has 0 spiro atoms. The van der Waals surface area contributed by atoms with Crippen LogP contribution in [0.5, 0.6) is 17.2 Å². The number of carbonyl (C=O) groups excluding carboxylic acids is 1. The highest BCUT2D eigenvalue weighted by molar-refractivity contribution is 6.08. The number of methoxy groups -OCH3 is 3. The van der Waals surface area contributed by atoms with Gasteiger partial charge in [0.05, 0.1) is 27.0 Å². The van der Waals surface area contributed by atoms with Gasteiger partial charge in [-0.2, -0.15) is 0 Å². The molecule has 6 heteroatoms. The maximum Gasteiger partial charge on any atom is 0.211 e. The Labute approximate surface area is 162 Å².